The molecule has 0 aliphatic heterocycles. The first-order valence-electron chi connectivity index (χ1n) is 12.5. The van der Waals surface area contributed by atoms with Crippen LogP contribution in [0.2, 0.25) is 5.02 Å². The van der Waals surface area contributed by atoms with Crippen LogP contribution in [0.15, 0.2) is 35.2 Å². The van der Waals surface area contributed by atoms with Crippen LogP contribution in [0.3, 0.4) is 0 Å². The maximum atomic E-state index is 13.7. The van der Waals surface area contributed by atoms with Gasteiger partial charge in [-0.3, -0.25) is 4.79 Å². The van der Waals surface area contributed by atoms with Crippen LogP contribution >= 0.6 is 11.6 Å². The minimum absolute atomic E-state index is 0.112. The Bertz CT molecular complexity index is 1540. The van der Waals surface area contributed by atoms with Gasteiger partial charge in [0, 0.05) is 29.9 Å². The molecule has 10 nitrogen and oxygen atoms in total. The molecule has 0 aromatic heterocycles. The van der Waals surface area contributed by atoms with Gasteiger partial charge in [0.2, 0.25) is 10.0 Å². The van der Waals surface area contributed by atoms with Gasteiger partial charge >= 0.3 is 0 Å². The lowest BCUT2D eigenvalue weighted by Gasteiger charge is -2.46. The fourth-order valence-corrected chi connectivity index (χ4v) is 8.68. The SMILES string of the molecule is CS(=O)(=O)NCC(O)C(O)[C@@]1(O)C2CC[C@H]1C[C@H](S(=O)(=O)c1cc(C(=O)Nc3cc(F)c(F)c(F)c3)ccc1Cl)C2. The van der Waals surface area contributed by atoms with Gasteiger partial charge in [0.1, 0.15) is 6.10 Å². The molecule has 2 fully saturated rings. The number of halogens is 4. The van der Waals surface area contributed by atoms with Gasteiger partial charge < -0.3 is 20.6 Å². The summed E-state index contributed by atoms with van der Waals surface area (Å²) >= 11 is 6.20. The molecule has 41 heavy (non-hydrogen) atoms. The number of sulfone groups is 1. The van der Waals surface area contributed by atoms with E-state index in [1.807, 2.05) is 0 Å². The first-order chi connectivity index (χ1) is 18.9. The van der Waals surface area contributed by atoms with Gasteiger partial charge in [-0.25, -0.2) is 34.7 Å². The molecular weight excluding hydrogens is 613 g/mol. The lowest BCUT2D eigenvalue weighted by atomic mass is 9.70. The summed E-state index contributed by atoms with van der Waals surface area (Å²) < 4.78 is 92.5. The van der Waals surface area contributed by atoms with Gasteiger partial charge in [0.05, 0.1) is 33.1 Å². The summed E-state index contributed by atoms with van der Waals surface area (Å²) in [7, 11) is -7.90. The molecule has 0 heterocycles. The Hall–Kier alpha value is -2.27. The highest BCUT2D eigenvalue weighted by Gasteiger charge is 2.60. The van der Waals surface area contributed by atoms with Crippen molar-refractivity contribution in [3.63, 3.8) is 0 Å². The highest BCUT2D eigenvalue weighted by Crippen LogP contribution is 2.54. The van der Waals surface area contributed by atoms with Crippen LogP contribution in [-0.4, -0.2) is 73.9 Å². The number of carbonyl (C=O) groups excluding carboxylic acids is 1. The Morgan fingerprint density at radius 3 is 2.15 bits per heavy atom. The standard InChI is InChI=1S/C25H28ClF3N2O8S2/c1-40(36,37)30-11-20(32)23(33)25(35)13-3-4-14(25)8-16(7-13)41(38,39)21-6-12(2-5-17(21)26)24(34)31-15-9-18(27)22(29)19(28)10-15/h2,5-6,9-10,13-14,16,20,23,30,32-33,35H,3-4,7-8,11H2,1H3,(H,31,34)/t13-,14?,16-,20?,23?,25-/m0/s1. The Morgan fingerprint density at radius 2 is 1.61 bits per heavy atom. The van der Waals surface area contributed by atoms with Crippen LogP contribution in [0.5, 0.6) is 0 Å². The van der Waals surface area contributed by atoms with Gasteiger partial charge in [-0.05, 0) is 55.7 Å². The summed E-state index contributed by atoms with van der Waals surface area (Å²) in [5, 5.41) is 33.5. The zero-order valence-electron chi connectivity index (χ0n) is 21.5. The second-order valence-corrected chi connectivity index (χ2v) is 14.9. The number of hydrogen-bond acceptors (Lipinski definition) is 8. The van der Waals surface area contributed by atoms with Gasteiger partial charge in [-0.2, -0.15) is 0 Å². The molecule has 2 saturated carbocycles. The third-order valence-corrected chi connectivity index (χ3v) is 11.2. The van der Waals surface area contributed by atoms with Crippen molar-refractivity contribution in [2.24, 2.45) is 11.8 Å². The predicted octanol–water partition coefficient (Wildman–Crippen LogP) is 1.97. The average molecular weight is 641 g/mol. The van der Waals surface area contributed by atoms with Crippen LogP contribution in [0.25, 0.3) is 0 Å². The average Bonchev–Trinajstić information content (AvgIpc) is 3.04. The fourth-order valence-electron chi connectivity index (χ4n) is 5.81. The fraction of sp³-hybridized carbons (Fsp3) is 0.480. The molecule has 4 rings (SSSR count). The molecule has 226 valence electrons. The summed E-state index contributed by atoms with van der Waals surface area (Å²) in [5.41, 5.74) is -2.48. The topological polar surface area (TPSA) is 170 Å². The minimum atomic E-state index is -4.22. The van der Waals surface area contributed by atoms with Crippen molar-refractivity contribution in [2.45, 2.75) is 53.6 Å². The quantitative estimate of drug-likeness (QED) is 0.259. The molecular formula is C25H28ClF3N2O8S2. The normalized spacial score (nSPS) is 26.0. The molecule has 0 spiro atoms. The maximum Gasteiger partial charge on any atom is 0.255 e. The number of sulfonamides is 1. The highest BCUT2D eigenvalue weighted by atomic mass is 35.5. The summed E-state index contributed by atoms with van der Waals surface area (Å²) in [5.74, 6) is -7.23. The zero-order chi connectivity index (χ0) is 30.5. The summed E-state index contributed by atoms with van der Waals surface area (Å²) in [4.78, 5) is 12.3. The second-order valence-electron chi connectivity index (χ2n) is 10.5. The van der Waals surface area contributed by atoms with E-state index in [2.05, 4.69) is 10.0 Å². The molecule has 3 unspecified atom stereocenters. The lowest BCUT2D eigenvalue weighted by Crippen LogP contribution is -2.60. The molecule has 0 radical (unpaired) electrons. The molecule has 5 N–H and O–H groups in total. The van der Waals surface area contributed by atoms with Crippen molar-refractivity contribution in [1.82, 2.24) is 4.72 Å². The summed E-state index contributed by atoms with van der Waals surface area (Å²) in [6.45, 7) is -0.550. The lowest BCUT2D eigenvalue weighted by molar-refractivity contribution is -0.174. The van der Waals surface area contributed by atoms with E-state index in [0.29, 0.717) is 25.0 Å². The van der Waals surface area contributed by atoms with Crippen molar-refractivity contribution in [2.75, 3.05) is 18.1 Å². The van der Waals surface area contributed by atoms with Crippen molar-refractivity contribution in [1.29, 1.82) is 0 Å². The smallest absolute Gasteiger partial charge is 0.255 e. The van der Waals surface area contributed by atoms with E-state index in [9.17, 15) is 50.1 Å². The number of amides is 1. The number of anilines is 1. The Morgan fingerprint density at radius 1 is 1.05 bits per heavy atom. The molecule has 2 aliphatic carbocycles. The Kier molecular flexibility index (Phi) is 8.83. The van der Waals surface area contributed by atoms with Crippen molar-refractivity contribution >= 4 is 43.1 Å². The molecule has 2 aromatic carbocycles. The molecule has 0 saturated heterocycles. The van der Waals surface area contributed by atoms with Crippen LogP contribution in [0.4, 0.5) is 18.9 Å². The van der Waals surface area contributed by atoms with Crippen LogP contribution in [0, 0.1) is 29.3 Å². The highest BCUT2D eigenvalue weighted by molar-refractivity contribution is 7.92. The van der Waals surface area contributed by atoms with Gasteiger partial charge in [0.15, 0.2) is 27.3 Å². The van der Waals surface area contributed by atoms with Crippen molar-refractivity contribution in [3.8, 4) is 0 Å². The molecule has 2 bridgehead atoms. The number of nitrogens with one attached hydrogen (secondary N) is 2. The zero-order valence-corrected chi connectivity index (χ0v) is 23.9. The van der Waals surface area contributed by atoms with Gasteiger partial charge in [-0.1, -0.05) is 11.6 Å². The third kappa shape index (κ3) is 6.26. The van der Waals surface area contributed by atoms with Gasteiger partial charge in [-0.15, -0.1) is 0 Å². The first kappa shape index (κ1) is 31.7. The van der Waals surface area contributed by atoms with E-state index in [0.717, 1.165) is 18.4 Å². The van der Waals surface area contributed by atoms with Crippen LogP contribution < -0.4 is 10.0 Å². The number of aliphatic hydroxyl groups is 3. The third-order valence-electron chi connectivity index (χ3n) is 7.84. The molecule has 2 aromatic rings. The number of benzene rings is 2. The number of hydrogen-bond donors (Lipinski definition) is 5. The number of aliphatic hydroxyl groups excluding tert-OH is 2. The van der Waals surface area contributed by atoms with E-state index in [4.69, 9.17) is 11.6 Å². The number of rotatable bonds is 9. The van der Waals surface area contributed by atoms with E-state index in [1.54, 1.807) is 0 Å². The monoisotopic (exact) mass is 640 g/mol. The number of fused-ring (bicyclic) bond motifs is 2. The molecule has 6 atom stereocenters. The van der Waals surface area contributed by atoms with E-state index < -0.39 is 95.2 Å². The maximum absolute atomic E-state index is 13.7. The van der Waals surface area contributed by atoms with Crippen molar-refractivity contribution in [3.05, 3.63) is 58.4 Å². The summed E-state index contributed by atoms with van der Waals surface area (Å²) in [6.07, 6.45) is -2.07. The largest absolute Gasteiger partial charge is 0.389 e. The molecule has 16 heteroatoms. The summed E-state index contributed by atoms with van der Waals surface area (Å²) in [6, 6.07) is 4.48. The Balaban J connectivity index is 1.54. The van der Waals surface area contributed by atoms with Crippen LogP contribution in [-0.2, 0) is 19.9 Å². The predicted molar refractivity (Wildman–Crippen MR) is 142 cm³/mol. The molecule has 1 amide bonds. The molecule has 2 aliphatic rings. The Labute approximate surface area is 239 Å². The first-order valence-corrected chi connectivity index (χ1v) is 16.3. The van der Waals surface area contributed by atoms with Crippen molar-refractivity contribution < 1.29 is 50.1 Å². The second kappa shape index (κ2) is 11.4. The van der Waals surface area contributed by atoms with Gasteiger partial charge in [0.25, 0.3) is 5.91 Å². The minimum Gasteiger partial charge on any atom is -0.389 e. The number of carbonyl (C=O) groups is 1. The van der Waals surface area contributed by atoms with Crippen LogP contribution in [0.1, 0.15) is 36.0 Å². The van der Waals surface area contributed by atoms with E-state index >= 15 is 0 Å². The van der Waals surface area contributed by atoms with E-state index in [1.165, 1.54) is 6.07 Å². The van der Waals surface area contributed by atoms with E-state index in [-0.39, 0.29) is 23.4 Å².